The van der Waals surface area contributed by atoms with Gasteiger partial charge in [-0.3, -0.25) is 19.7 Å². The highest BCUT2D eigenvalue weighted by Crippen LogP contribution is 2.42. The number of pyridine rings is 1. The predicted octanol–water partition coefficient (Wildman–Crippen LogP) is 4.38. The van der Waals surface area contributed by atoms with E-state index in [1.54, 1.807) is 12.4 Å². The second-order valence-electron chi connectivity index (χ2n) is 8.22. The maximum Gasteiger partial charge on any atom is 0.321 e. The molecule has 172 valence electrons. The summed E-state index contributed by atoms with van der Waals surface area (Å²) >= 11 is 1.32. The maximum atomic E-state index is 13.1. The average molecular weight is 465 g/mol. The van der Waals surface area contributed by atoms with Crippen molar-refractivity contribution in [3.8, 4) is 11.4 Å². The lowest BCUT2D eigenvalue weighted by atomic mass is 9.85. The summed E-state index contributed by atoms with van der Waals surface area (Å²) in [6.45, 7) is 2.26. The molecule has 3 atom stereocenters. The summed E-state index contributed by atoms with van der Waals surface area (Å²) in [4.78, 5) is 29.2. The van der Waals surface area contributed by atoms with Gasteiger partial charge in [0, 0.05) is 31.0 Å². The van der Waals surface area contributed by atoms with E-state index in [1.807, 2.05) is 42.5 Å². The van der Waals surface area contributed by atoms with Gasteiger partial charge in [-0.15, -0.1) is 10.2 Å². The van der Waals surface area contributed by atoms with Crippen LogP contribution in [0.25, 0.3) is 11.4 Å². The highest BCUT2D eigenvalue weighted by Gasteiger charge is 2.32. The Hall–Kier alpha value is -3.20. The normalized spacial score (nSPS) is 19.0. The monoisotopic (exact) mass is 464 g/mol. The van der Waals surface area contributed by atoms with Gasteiger partial charge in [-0.05, 0) is 36.5 Å². The third-order valence-corrected chi connectivity index (χ3v) is 7.22. The Labute approximate surface area is 197 Å². The summed E-state index contributed by atoms with van der Waals surface area (Å²) in [7, 11) is 1.48. The number of hydrogen-bond donors (Lipinski definition) is 2. The second-order valence-corrected chi connectivity index (χ2v) is 9.30. The maximum absolute atomic E-state index is 13.1. The van der Waals surface area contributed by atoms with Crippen LogP contribution in [0, 0.1) is 5.92 Å². The summed E-state index contributed by atoms with van der Waals surface area (Å²) < 4.78 is 2.18. The number of urea groups is 1. The molecule has 0 unspecified atom stereocenters. The van der Waals surface area contributed by atoms with Gasteiger partial charge in [0.2, 0.25) is 5.91 Å². The van der Waals surface area contributed by atoms with Crippen LogP contribution in [0.5, 0.6) is 0 Å². The lowest BCUT2D eigenvalue weighted by Crippen LogP contribution is -2.39. The van der Waals surface area contributed by atoms with Crippen molar-refractivity contribution >= 4 is 23.7 Å². The molecular weight excluding hydrogens is 436 g/mol. The zero-order valence-corrected chi connectivity index (χ0v) is 19.6. The molecule has 1 fully saturated rings. The Bertz CT molecular complexity index is 1090. The van der Waals surface area contributed by atoms with Crippen LogP contribution in [0.4, 0.5) is 4.79 Å². The minimum Gasteiger partial charge on any atom is -0.341 e. The molecule has 0 radical (unpaired) electrons. The summed E-state index contributed by atoms with van der Waals surface area (Å²) in [5.74, 6) is 0.807. The number of nitrogens with one attached hydrogen (secondary N) is 2. The molecule has 33 heavy (non-hydrogen) atoms. The van der Waals surface area contributed by atoms with Gasteiger partial charge < -0.3 is 5.32 Å². The number of amides is 3. The minimum absolute atomic E-state index is 0.227. The van der Waals surface area contributed by atoms with E-state index in [1.165, 1.54) is 25.2 Å². The zero-order chi connectivity index (χ0) is 23.2. The number of carbonyl (C=O) groups is 2. The molecule has 8 nitrogen and oxygen atoms in total. The number of nitrogens with zero attached hydrogens (tertiary/aromatic N) is 4. The van der Waals surface area contributed by atoms with Gasteiger partial charge in [0.15, 0.2) is 11.0 Å². The van der Waals surface area contributed by atoms with Gasteiger partial charge in [-0.25, -0.2) is 4.79 Å². The van der Waals surface area contributed by atoms with Gasteiger partial charge in [-0.1, -0.05) is 61.9 Å². The summed E-state index contributed by atoms with van der Waals surface area (Å²) in [5.41, 5.74) is 1.68. The molecule has 0 saturated heterocycles. The lowest BCUT2D eigenvalue weighted by Gasteiger charge is -2.32. The molecule has 1 aliphatic rings. The summed E-state index contributed by atoms with van der Waals surface area (Å²) in [6.07, 6.45) is 8.04. The first-order valence-electron chi connectivity index (χ1n) is 11.2. The number of imide groups is 1. The molecule has 4 rings (SSSR count). The number of aromatic nitrogens is 4. The van der Waals surface area contributed by atoms with E-state index in [0.29, 0.717) is 11.1 Å². The number of rotatable bonds is 6. The molecule has 9 heteroatoms. The quantitative estimate of drug-likeness (QED) is 0.525. The van der Waals surface area contributed by atoms with Crippen LogP contribution in [0.15, 0.2) is 60.0 Å². The fourth-order valence-corrected chi connectivity index (χ4v) is 5.37. The van der Waals surface area contributed by atoms with Crippen LogP contribution in [-0.2, 0) is 4.79 Å². The van der Waals surface area contributed by atoms with Crippen molar-refractivity contribution in [1.82, 2.24) is 30.4 Å². The highest BCUT2D eigenvalue weighted by atomic mass is 32.2. The SMILES string of the molecule is CNC(=O)NC(=O)[C@H](Sc1nnc(-c2cccnc2)n1[C@@H]1CCCC[C@H]1C)c1ccccc1. The molecule has 2 N–H and O–H groups in total. The average Bonchev–Trinajstić information content (AvgIpc) is 3.27. The molecule has 0 aliphatic heterocycles. The van der Waals surface area contributed by atoms with Crippen molar-refractivity contribution in [2.45, 2.75) is 49.1 Å². The summed E-state index contributed by atoms with van der Waals surface area (Å²) in [6, 6.07) is 13.0. The smallest absolute Gasteiger partial charge is 0.321 e. The number of thioether (sulfide) groups is 1. The first kappa shape index (κ1) is 23.0. The molecule has 0 spiro atoms. The molecule has 0 bridgehead atoms. The molecule has 3 aromatic rings. The van der Waals surface area contributed by atoms with Crippen LogP contribution in [0.1, 0.15) is 49.5 Å². The van der Waals surface area contributed by atoms with Crippen LogP contribution < -0.4 is 10.6 Å². The van der Waals surface area contributed by atoms with E-state index in [2.05, 4.69) is 37.3 Å². The number of benzene rings is 1. The Morgan fingerprint density at radius 2 is 1.88 bits per heavy atom. The van der Waals surface area contributed by atoms with E-state index >= 15 is 0 Å². The topological polar surface area (TPSA) is 102 Å². The van der Waals surface area contributed by atoms with Crippen LogP contribution >= 0.6 is 11.8 Å². The van der Waals surface area contributed by atoms with Crippen molar-refractivity contribution in [3.63, 3.8) is 0 Å². The van der Waals surface area contributed by atoms with Crippen LogP contribution in [0.3, 0.4) is 0 Å². The molecule has 1 saturated carbocycles. The van der Waals surface area contributed by atoms with Crippen molar-refractivity contribution in [2.75, 3.05) is 7.05 Å². The standard InChI is InChI=1S/C24H28N6O2S/c1-16-9-6-7-13-19(16)30-21(18-12-8-14-26-15-18)28-29-24(30)33-20(17-10-4-3-5-11-17)22(31)27-23(32)25-2/h3-5,8,10-12,14-16,19-20H,6-7,9,13H2,1-2H3,(H2,25,27,31,32)/t16-,19-,20-/m1/s1. The van der Waals surface area contributed by atoms with Gasteiger partial charge in [0.25, 0.3) is 0 Å². The third kappa shape index (κ3) is 5.24. The lowest BCUT2D eigenvalue weighted by molar-refractivity contribution is -0.119. The Balaban J connectivity index is 1.75. The first-order valence-corrected chi connectivity index (χ1v) is 12.1. The summed E-state index contributed by atoms with van der Waals surface area (Å²) in [5, 5.41) is 13.9. The van der Waals surface area contributed by atoms with E-state index in [9.17, 15) is 9.59 Å². The Morgan fingerprint density at radius 3 is 2.58 bits per heavy atom. The fourth-order valence-electron chi connectivity index (χ4n) is 4.27. The van der Waals surface area contributed by atoms with Gasteiger partial charge in [0.1, 0.15) is 5.25 Å². The number of hydrogen-bond acceptors (Lipinski definition) is 6. The molecule has 2 aromatic heterocycles. The predicted molar refractivity (Wildman–Crippen MR) is 128 cm³/mol. The fraction of sp³-hybridized carbons (Fsp3) is 0.375. The zero-order valence-electron chi connectivity index (χ0n) is 18.8. The molecule has 1 aliphatic carbocycles. The van der Waals surface area contributed by atoms with Crippen LogP contribution in [0.2, 0.25) is 0 Å². The Morgan fingerprint density at radius 1 is 1.09 bits per heavy atom. The van der Waals surface area contributed by atoms with Crippen molar-refractivity contribution in [1.29, 1.82) is 0 Å². The van der Waals surface area contributed by atoms with Crippen molar-refractivity contribution in [2.24, 2.45) is 5.92 Å². The Kier molecular flexibility index (Phi) is 7.39. The van der Waals surface area contributed by atoms with Crippen molar-refractivity contribution in [3.05, 3.63) is 60.4 Å². The molecular formula is C24H28N6O2S. The minimum atomic E-state index is -0.660. The van der Waals surface area contributed by atoms with Crippen molar-refractivity contribution < 1.29 is 9.59 Å². The van der Waals surface area contributed by atoms with Gasteiger partial charge in [0.05, 0.1) is 0 Å². The second kappa shape index (κ2) is 10.6. The van der Waals surface area contributed by atoms with Crippen LogP contribution in [-0.4, -0.2) is 38.7 Å². The largest absolute Gasteiger partial charge is 0.341 e. The van der Waals surface area contributed by atoms with E-state index in [-0.39, 0.29) is 6.04 Å². The first-order chi connectivity index (χ1) is 16.1. The molecule has 1 aromatic carbocycles. The van der Waals surface area contributed by atoms with E-state index < -0.39 is 17.2 Å². The number of carbonyl (C=O) groups excluding carboxylic acids is 2. The highest BCUT2D eigenvalue weighted by molar-refractivity contribution is 8.00. The van der Waals surface area contributed by atoms with E-state index in [0.717, 1.165) is 36.2 Å². The van der Waals surface area contributed by atoms with Gasteiger partial charge in [-0.2, -0.15) is 0 Å². The molecule has 2 heterocycles. The molecule has 3 amide bonds. The van der Waals surface area contributed by atoms with Gasteiger partial charge >= 0.3 is 6.03 Å². The third-order valence-electron chi connectivity index (χ3n) is 6.01. The van der Waals surface area contributed by atoms with E-state index in [4.69, 9.17) is 0 Å².